The lowest BCUT2D eigenvalue weighted by Crippen LogP contribution is -2.32. The fraction of sp³-hybridized carbons (Fsp3) is 0.462. The molecule has 0 spiro atoms. The molecule has 0 aliphatic carbocycles. The summed E-state index contributed by atoms with van der Waals surface area (Å²) < 4.78 is 27.1. The number of H-pyrrole nitrogens is 1. The van der Waals surface area contributed by atoms with Crippen LogP contribution < -0.4 is 0 Å². The van der Waals surface area contributed by atoms with Crippen LogP contribution in [0.2, 0.25) is 0 Å². The Balaban J connectivity index is 2.00. The van der Waals surface area contributed by atoms with Gasteiger partial charge in [0.1, 0.15) is 5.82 Å². The second-order valence-corrected chi connectivity index (χ2v) is 5.11. The van der Waals surface area contributed by atoms with Gasteiger partial charge in [0.2, 0.25) is 0 Å². The van der Waals surface area contributed by atoms with E-state index < -0.39 is 0 Å². The molecular weight excluding hydrogens is 267 g/mol. The molecule has 1 aromatic carbocycles. The first kappa shape index (κ1) is 12.8. The van der Waals surface area contributed by atoms with Gasteiger partial charge in [-0.2, -0.15) is 0 Å². The maximum atomic E-state index is 13.5. The highest BCUT2D eigenvalue weighted by molar-refractivity contribution is 7.71. The van der Waals surface area contributed by atoms with Gasteiger partial charge in [-0.1, -0.05) is 0 Å². The van der Waals surface area contributed by atoms with Crippen molar-refractivity contribution < 1.29 is 13.9 Å². The molecule has 0 amide bonds. The molecule has 1 unspecified atom stereocenters. The van der Waals surface area contributed by atoms with E-state index in [4.69, 9.17) is 21.7 Å². The van der Waals surface area contributed by atoms with Gasteiger partial charge in [-0.05, 0) is 36.8 Å². The van der Waals surface area contributed by atoms with E-state index in [0.717, 1.165) is 5.52 Å². The largest absolute Gasteiger partial charge is 0.376 e. The summed E-state index contributed by atoms with van der Waals surface area (Å²) >= 11 is 5.30. The lowest BCUT2D eigenvalue weighted by atomic mass is 10.2. The molecule has 0 radical (unpaired) electrons. The number of halogens is 1. The maximum Gasteiger partial charge on any atom is 0.178 e. The van der Waals surface area contributed by atoms with Crippen molar-refractivity contribution >= 4 is 23.3 Å². The predicted octanol–water partition coefficient (Wildman–Crippen LogP) is 2.56. The van der Waals surface area contributed by atoms with Gasteiger partial charge in [0.15, 0.2) is 4.77 Å². The molecule has 0 bridgehead atoms. The van der Waals surface area contributed by atoms with E-state index in [0.29, 0.717) is 42.2 Å². The van der Waals surface area contributed by atoms with E-state index in [1.165, 1.54) is 6.07 Å². The predicted molar refractivity (Wildman–Crippen MR) is 72.4 cm³/mol. The third kappa shape index (κ3) is 2.43. The highest BCUT2D eigenvalue weighted by Gasteiger charge is 2.17. The molecular formula is C13H15FN2O2S. The number of benzene rings is 1. The van der Waals surface area contributed by atoms with Gasteiger partial charge in [-0.25, -0.2) is 4.39 Å². The Bertz CT molecular complexity index is 658. The van der Waals surface area contributed by atoms with Gasteiger partial charge in [0, 0.05) is 0 Å². The number of fused-ring (bicyclic) bond motifs is 1. The minimum atomic E-state index is -0.229. The fourth-order valence-electron chi connectivity index (χ4n) is 2.31. The van der Waals surface area contributed by atoms with E-state index >= 15 is 0 Å². The number of nitrogens with zero attached hydrogens (tertiary/aromatic N) is 1. The Hall–Kier alpha value is -1.24. The number of aromatic amines is 1. The number of nitrogens with one attached hydrogen (secondary N) is 1. The van der Waals surface area contributed by atoms with Gasteiger partial charge in [-0.3, -0.25) is 0 Å². The first-order chi connectivity index (χ1) is 9.15. The lowest BCUT2D eigenvalue weighted by molar-refractivity contribution is -0.0933. The normalized spacial score (nSPS) is 20.0. The molecule has 1 atom stereocenters. The summed E-state index contributed by atoms with van der Waals surface area (Å²) in [5.41, 5.74) is 2.22. The first-order valence-corrected chi connectivity index (χ1v) is 6.64. The molecule has 0 saturated carbocycles. The maximum absolute atomic E-state index is 13.5. The van der Waals surface area contributed by atoms with E-state index in [9.17, 15) is 4.39 Å². The third-order valence-corrected chi connectivity index (χ3v) is 3.65. The average Bonchev–Trinajstić information content (AvgIpc) is 2.68. The average molecular weight is 282 g/mol. The minimum Gasteiger partial charge on any atom is -0.376 e. The van der Waals surface area contributed by atoms with Crippen molar-refractivity contribution in [3.05, 3.63) is 28.3 Å². The third-order valence-electron chi connectivity index (χ3n) is 3.33. The summed E-state index contributed by atoms with van der Waals surface area (Å²) in [6.45, 7) is 4.17. The molecule has 3 rings (SSSR count). The molecule has 19 heavy (non-hydrogen) atoms. The van der Waals surface area contributed by atoms with Crippen LogP contribution in [-0.2, 0) is 16.0 Å². The second kappa shape index (κ2) is 5.03. The van der Waals surface area contributed by atoms with Crippen molar-refractivity contribution in [2.75, 3.05) is 19.8 Å². The summed E-state index contributed by atoms with van der Waals surface area (Å²) in [6, 6.07) is 3.29. The van der Waals surface area contributed by atoms with Crippen LogP contribution in [-0.4, -0.2) is 35.5 Å². The highest BCUT2D eigenvalue weighted by Crippen LogP contribution is 2.20. The van der Waals surface area contributed by atoms with Crippen LogP contribution in [0.4, 0.5) is 4.39 Å². The van der Waals surface area contributed by atoms with Crippen LogP contribution in [0.5, 0.6) is 0 Å². The van der Waals surface area contributed by atoms with Gasteiger partial charge in [0.05, 0.1) is 43.5 Å². The Labute approximate surface area is 115 Å². The number of rotatable bonds is 2. The molecule has 102 valence electrons. The topological polar surface area (TPSA) is 39.2 Å². The number of aromatic nitrogens is 2. The van der Waals surface area contributed by atoms with Gasteiger partial charge in [-0.15, -0.1) is 0 Å². The SMILES string of the molecule is Cc1cc2c(cc1F)[nH]c(=S)n2CC1COCCO1. The zero-order chi connectivity index (χ0) is 13.4. The molecule has 1 aliphatic rings. The minimum absolute atomic E-state index is 0.00944. The standard InChI is InChI=1S/C13H15FN2O2S/c1-8-4-12-11(5-10(8)14)15-13(19)16(12)6-9-7-17-2-3-18-9/h4-5,9H,2-3,6-7H2,1H3,(H,15,19). The Morgan fingerprint density at radius 3 is 3.05 bits per heavy atom. The Morgan fingerprint density at radius 2 is 2.32 bits per heavy atom. The number of aryl methyl sites for hydroxylation is 1. The van der Waals surface area contributed by atoms with Crippen molar-refractivity contribution in [2.45, 2.75) is 19.6 Å². The van der Waals surface area contributed by atoms with Crippen molar-refractivity contribution in [3.8, 4) is 0 Å². The number of hydrogen-bond acceptors (Lipinski definition) is 3. The monoisotopic (exact) mass is 282 g/mol. The second-order valence-electron chi connectivity index (χ2n) is 4.73. The van der Waals surface area contributed by atoms with Crippen molar-refractivity contribution in [1.82, 2.24) is 9.55 Å². The molecule has 1 aliphatic heterocycles. The van der Waals surface area contributed by atoms with E-state index in [2.05, 4.69) is 4.98 Å². The summed E-state index contributed by atoms with van der Waals surface area (Å²) in [4.78, 5) is 3.03. The summed E-state index contributed by atoms with van der Waals surface area (Å²) in [5.74, 6) is -0.229. The fourth-order valence-corrected chi connectivity index (χ4v) is 2.59. The van der Waals surface area contributed by atoms with Gasteiger partial charge >= 0.3 is 0 Å². The van der Waals surface area contributed by atoms with Gasteiger partial charge < -0.3 is 19.0 Å². The molecule has 2 heterocycles. The van der Waals surface area contributed by atoms with Crippen LogP contribution in [0.25, 0.3) is 11.0 Å². The van der Waals surface area contributed by atoms with E-state index in [1.54, 1.807) is 13.0 Å². The van der Waals surface area contributed by atoms with Crippen LogP contribution in [0.15, 0.2) is 12.1 Å². The molecule has 1 saturated heterocycles. The molecule has 1 N–H and O–H groups in total. The van der Waals surface area contributed by atoms with Crippen molar-refractivity contribution in [3.63, 3.8) is 0 Å². The Morgan fingerprint density at radius 1 is 1.47 bits per heavy atom. The zero-order valence-corrected chi connectivity index (χ0v) is 11.4. The smallest absolute Gasteiger partial charge is 0.178 e. The molecule has 6 heteroatoms. The summed E-state index contributed by atoms with van der Waals surface area (Å²) in [5, 5.41) is 0. The van der Waals surface area contributed by atoms with Crippen LogP contribution in [0.1, 0.15) is 5.56 Å². The number of ether oxygens (including phenoxy) is 2. The number of hydrogen-bond donors (Lipinski definition) is 1. The van der Waals surface area contributed by atoms with Crippen molar-refractivity contribution in [2.24, 2.45) is 0 Å². The summed E-state index contributed by atoms with van der Waals surface area (Å²) in [7, 11) is 0. The van der Waals surface area contributed by atoms with E-state index in [-0.39, 0.29) is 11.9 Å². The quantitative estimate of drug-likeness (QED) is 0.860. The molecule has 2 aromatic rings. The zero-order valence-electron chi connectivity index (χ0n) is 10.6. The lowest BCUT2D eigenvalue weighted by Gasteiger charge is -2.23. The number of imidazole rings is 1. The summed E-state index contributed by atoms with van der Waals surface area (Å²) in [6.07, 6.45) is -0.00944. The van der Waals surface area contributed by atoms with Gasteiger partial charge in [0.25, 0.3) is 0 Å². The van der Waals surface area contributed by atoms with Crippen molar-refractivity contribution in [1.29, 1.82) is 0 Å². The Kier molecular flexibility index (Phi) is 3.38. The molecule has 1 fully saturated rings. The van der Waals surface area contributed by atoms with Crippen LogP contribution in [0, 0.1) is 17.5 Å². The highest BCUT2D eigenvalue weighted by atomic mass is 32.1. The van der Waals surface area contributed by atoms with Crippen LogP contribution in [0.3, 0.4) is 0 Å². The first-order valence-electron chi connectivity index (χ1n) is 6.23. The molecule has 4 nitrogen and oxygen atoms in total. The van der Waals surface area contributed by atoms with E-state index in [1.807, 2.05) is 4.57 Å². The molecule has 1 aromatic heterocycles. The van der Waals surface area contributed by atoms with Crippen LogP contribution >= 0.6 is 12.2 Å².